The Hall–Kier alpha value is -2.26. The van der Waals surface area contributed by atoms with Crippen LogP contribution in [0.4, 0.5) is 0 Å². The Labute approximate surface area is 155 Å². The van der Waals surface area contributed by atoms with Gasteiger partial charge < -0.3 is 14.2 Å². The fourth-order valence-electron chi connectivity index (χ4n) is 4.75. The number of ether oxygens (including phenoxy) is 1. The zero-order chi connectivity index (χ0) is 17.9. The number of benzene rings is 2. The molecule has 2 aliphatic heterocycles. The lowest BCUT2D eigenvalue weighted by Crippen LogP contribution is -2.35. The van der Waals surface area contributed by atoms with Crippen LogP contribution in [0, 0.1) is 6.92 Å². The van der Waals surface area contributed by atoms with Gasteiger partial charge in [-0.3, -0.25) is 0 Å². The number of nitrogens with zero attached hydrogens (tertiary/aromatic N) is 2. The average Bonchev–Trinajstić information content (AvgIpc) is 2.83. The molecular formula is C23H26N2O. The second kappa shape index (κ2) is 5.62. The Morgan fingerprint density at radius 1 is 1.12 bits per heavy atom. The van der Waals surface area contributed by atoms with E-state index in [4.69, 9.17) is 4.74 Å². The molecule has 2 aromatic carbocycles. The van der Waals surface area contributed by atoms with Crippen LogP contribution in [0.2, 0.25) is 0 Å². The molecule has 0 saturated heterocycles. The summed E-state index contributed by atoms with van der Waals surface area (Å²) in [6.45, 7) is 8.37. The van der Waals surface area contributed by atoms with Gasteiger partial charge in [0, 0.05) is 42.6 Å². The van der Waals surface area contributed by atoms with Gasteiger partial charge in [-0.05, 0) is 42.8 Å². The molecule has 0 radical (unpaired) electrons. The molecule has 2 aliphatic rings. The monoisotopic (exact) mass is 346 g/mol. The predicted molar refractivity (Wildman–Crippen MR) is 106 cm³/mol. The summed E-state index contributed by atoms with van der Waals surface area (Å²) in [5, 5.41) is 1.39. The third-order valence-corrected chi connectivity index (χ3v) is 6.17. The lowest BCUT2D eigenvalue weighted by molar-refractivity contribution is 0.220. The zero-order valence-electron chi connectivity index (χ0n) is 15.9. The molecular weight excluding hydrogens is 320 g/mol. The maximum atomic E-state index is 6.44. The first-order chi connectivity index (χ1) is 12.5. The van der Waals surface area contributed by atoms with Gasteiger partial charge in [0.25, 0.3) is 0 Å². The van der Waals surface area contributed by atoms with E-state index in [1.54, 1.807) is 0 Å². The van der Waals surface area contributed by atoms with Gasteiger partial charge >= 0.3 is 0 Å². The third kappa shape index (κ3) is 2.30. The van der Waals surface area contributed by atoms with Crippen molar-refractivity contribution in [3.63, 3.8) is 0 Å². The van der Waals surface area contributed by atoms with E-state index in [1.807, 2.05) is 0 Å². The molecule has 1 unspecified atom stereocenters. The molecule has 0 spiro atoms. The number of aryl methyl sites for hydroxylation is 1. The summed E-state index contributed by atoms with van der Waals surface area (Å²) in [4.78, 5) is 2.43. The Balaban J connectivity index is 1.75. The van der Waals surface area contributed by atoms with Gasteiger partial charge in [-0.1, -0.05) is 37.3 Å². The van der Waals surface area contributed by atoms with Gasteiger partial charge in [0.15, 0.2) is 0 Å². The van der Waals surface area contributed by atoms with Gasteiger partial charge in [0.05, 0.1) is 12.1 Å². The van der Waals surface area contributed by atoms with Crippen LogP contribution in [-0.4, -0.2) is 29.7 Å². The maximum Gasteiger partial charge on any atom is 0.143 e. The summed E-state index contributed by atoms with van der Waals surface area (Å²) in [7, 11) is 2.22. The van der Waals surface area contributed by atoms with E-state index in [0.717, 1.165) is 31.8 Å². The maximum absolute atomic E-state index is 6.44. The fraction of sp³-hybridized carbons (Fsp3) is 0.391. The summed E-state index contributed by atoms with van der Waals surface area (Å²) in [5.74, 6) is 1.05. The molecule has 5 rings (SSSR count). The highest BCUT2D eigenvalue weighted by Gasteiger charge is 2.35. The van der Waals surface area contributed by atoms with Crippen LogP contribution in [0.5, 0.6) is 5.75 Å². The molecule has 0 aliphatic carbocycles. The largest absolute Gasteiger partial charge is 0.490 e. The van der Waals surface area contributed by atoms with Gasteiger partial charge in [0.1, 0.15) is 5.75 Å². The van der Waals surface area contributed by atoms with E-state index < -0.39 is 0 Å². The zero-order valence-corrected chi connectivity index (χ0v) is 15.9. The van der Waals surface area contributed by atoms with Crippen LogP contribution in [0.15, 0.2) is 42.5 Å². The average molecular weight is 346 g/mol. The van der Waals surface area contributed by atoms with Crippen molar-refractivity contribution in [3.05, 3.63) is 64.8 Å². The number of hydrogen-bond donors (Lipinski definition) is 0. The van der Waals surface area contributed by atoms with Gasteiger partial charge in [0.2, 0.25) is 0 Å². The van der Waals surface area contributed by atoms with Crippen molar-refractivity contribution < 1.29 is 4.74 Å². The van der Waals surface area contributed by atoms with E-state index in [2.05, 4.69) is 72.8 Å². The molecule has 0 fully saturated rings. The minimum absolute atomic E-state index is 0.0305. The Morgan fingerprint density at radius 2 is 1.92 bits per heavy atom. The number of hydrogen-bond acceptors (Lipinski definition) is 2. The first-order valence-electron chi connectivity index (χ1n) is 9.57. The smallest absolute Gasteiger partial charge is 0.143 e. The molecule has 3 heteroatoms. The predicted octanol–water partition coefficient (Wildman–Crippen LogP) is 4.29. The van der Waals surface area contributed by atoms with E-state index >= 15 is 0 Å². The molecule has 1 aromatic heterocycles. The van der Waals surface area contributed by atoms with Gasteiger partial charge in [-0.25, -0.2) is 0 Å². The SMILES string of the molecule is Cc1cc2c3c(c1)c1c(n3CC(C)(c3ccccc3)CO2)CCN(C)C1. The summed E-state index contributed by atoms with van der Waals surface area (Å²) in [5.41, 5.74) is 6.92. The van der Waals surface area contributed by atoms with Crippen LogP contribution in [0.3, 0.4) is 0 Å². The molecule has 3 nitrogen and oxygen atoms in total. The molecule has 3 heterocycles. The van der Waals surface area contributed by atoms with Crippen LogP contribution >= 0.6 is 0 Å². The van der Waals surface area contributed by atoms with E-state index in [-0.39, 0.29) is 5.41 Å². The van der Waals surface area contributed by atoms with Crippen molar-refractivity contribution in [1.29, 1.82) is 0 Å². The van der Waals surface area contributed by atoms with Gasteiger partial charge in [-0.15, -0.1) is 0 Å². The first kappa shape index (κ1) is 16.0. The fourth-order valence-corrected chi connectivity index (χ4v) is 4.75. The number of likely N-dealkylation sites (N-methyl/N-ethyl adjacent to an activating group) is 1. The van der Waals surface area contributed by atoms with E-state index in [0.29, 0.717) is 6.61 Å². The van der Waals surface area contributed by atoms with Crippen LogP contribution in [0.1, 0.15) is 29.3 Å². The molecule has 0 amide bonds. The first-order valence-corrected chi connectivity index (χ1v) is 9.57. The van der Waals surface area contributed by atoms with Crippen molar-refractivity contribution in [2.24, 2.45) is 0 Å². The molecule has 3 aromatic rings. The third-order valence-electron chi connectivity index (χ3n) is 6.17. The summed E-state index contributed by atoms with van der Waals surface area (Å²) < 4.78 is 9.02. The van der Waals surface area contributed by atoms with Crippen molar-refractivity contribution in [3.8, 4) is 5.75 Å². The molecule has 0 N–H and O–H groups in total. The molecule has 26 heavy (non-hydrogen) atoms. The van der Waals surface area contributed by atoms with Crippen molar-refractivity contribution in [2.45, 2.75) is 38.8 Å². The van der Waals surface area contributed by atoms with Crippen LogP contribution in [-0.2, 0) is 24.9 Å². The van der Waals surface area contributed by atoms with Crippen molar-refractivity contribution in [1.82, 2.24) is 9.47 Å². The Morgan fingerprint density at radius 3 is 2.73 bits per heavy atom. The highest BCUT2D eigenvalue weighted by molar-refractivity contribution is 5.91. The normalized spacial score (nSPS) is 22.7. The van der Waals surface area contributed by atoms with Crippen LogP contribution in [0.25, 0.3) is 10.9 Å². The second-order valence-electron chi connectivity index (χ2n) is 8.37. The minimum Gasteiger partial charge on any atom is -0.490 e. The number of aromatic nitrogens is 1. The highest BCUT2D eigenvalue weighted by atomic mass is 16.5. The topological polar surface area (TPSA) is 17.4 Å². The number of rotatable bonds is 1. The standard InChI is InChI=1S/C23H26N2O/c1-16-11-18-19-13-24(3)10-9-20(19)25-14-23(2,17-7-5-4-6-8-17)15-26-21(12-16)22(18)25/h4-8,11-12H,9-10,13-15H2,1-3H3. The summed E-state index contributed by atoms with van der Waals surface area (Å²) in [6, 6.07) is 15.4. The molecule has 0 saturated carbocycles. The minimum atomic E-state index is -0.0305. The quantitative estimate of drug-likeness (QED) is 0.654. The van der Waals surface area contributed by atoms with Crippen molar-refractivity contribution >= 4 is 10.9 Å². The lowest BCUT2D eigenvalue weighted by atomic mass is 9.83. The van der Waals surface area contributed by atoms with E-state index in [9.17, 15) is 0 Å². The van der Waals surface area contributed by atoms with E-state index in [1.165, 1.54) is 33.3 Å². The van der Waals surface area contributed by atoms with Gasteiger partial charge in [-0.2, -0.15) is 0 Å². The Kier molecular flexibility index (Phi) is 3.45. The van der Waals surface area contributed by atoms with Crippen molar-refractivity contribution in [2.75, 3.05) is 20.2 Å². The molecule has 0 bridgehead atoms. The molecule has 1 atom stereocenters. The highest BCUT2D eigenvalue weighted by Crippen LogP contribution is 2.42. The number of fused-ring (bicyclic) bond motifs is 3. The summed E-state index contributed by atoms with van der Waals surface area (Å²) in [6.07, 6.45) is 1.11. The summed E-state index contributed by atoms with van der Waals surface area (Å²) >= 11 is 0. The van der Waals surface area contributed by atoms with Crippen LogP contribution < -0.4 is 4.74 Å². The Bertz CT molecular complexity index is 989. The molecule has 134 valence electrons. The second-order valence-corrected chi connectivity index (χ2v) is 8.37. The lowest BCUT2D eigenvalue weighted by Gasteiger charge is -2.31.